The van der Waals surface area contributed by atoms with Crippen LogP contribution in [0.4, 0.5) is 0 Å². The van der Waals surface area contributed by atoms with E-state index in [1.165, 1.54) is 19.4 Å². The Morgan fingerprint density at radius 3 is 2.53 bits per heavy atom. The van der Waals surface area contributed by atoms with E-state index in [0.717, 1.165) is 49.7 Å². The molecular formula is C22H34N4O4. The van der Waals surface area contributed by atoms with Crippen LogP contribution in [0, 0.1) is 25.7 Å². The van der Waals surface area contributed by atoms with Gasteiger partial charge in [0.25, 0.3) is 0 Å². The van der Waals surface area contributed by atoms with Crippen LogP contribution in [-0.2, 0) is 20.7 Å². The number of aromatic nitrogens is 1. The van der Waals surface area contributed by atoms with Gasteiger partial charge in [-0.1, -0.05) is 5.16 Å². The van der Waals surface area contributed by atoms with Crippen LogP contribution < -0.4 is 5.32 Å². The smallest absolute Gasteiger partial charge is 0.248 e. The molecule has 1 atom stereocenters. The molecule has 3 heterocycles. The monoisotopic (exact) mass is 418 g/mol. The third-order valence-electron chi connectivity index (χ3n) is 6.66. The maximum atomic E-state index is 12.3. The van der Waals surface area contributed by atoms with E-state index in [4.69, 9.17) is 9.26 Å². The zero-order chi connectivity index (χ0) is 21.1. The first kappa shape index (κ1) is 21.3. The van der Waals surface area contributed by atoms with Gasteiger partial charge in [0.05, 0.1) is 18.2 Å². The minimum atomic E-state index is -0.161. The molecule has 2 amide bonds. The Hall–Kier alpha value is -1.93. The van der Waals surface area contributed by atoms with Gasteiger partial charge in [0.15, 0.2) is 0 Å². The highest BCUT2D eigenvalue weighted by molar-refractivity contribution is 5.79. The number of hydrogen-bond donors (Lipinski definition) is 1. The summed E-state index contributed by atoms with van der Waals surface area (Å²) in [5.74, 6) is 2.16. The van der Waals surface area contributed by atoms with Crippen molar-refractivity contribution >= 4 is 11.8 Å². The van der Waals surface area contributed by atoms with Crippen LogP contribution in [-0.4, -0.2) is 78.8 Å². The van der Waals surface area contributed by atoms with Gasteiger partial charge >= 0.3 is 0 Å². The lowest BCUT2D eigenvalue weighted by molar-refractivity contribution is -0.150. The Labute approximate surface area is 178 Å². The number of carbonyl (C=O) groups is 2. The van der Waals surface area contributed by atoms with Crippen LogP contribution in [0.3, 0.4) is 0 Å². The van der Waals surface area contributed by atoms with E-state index >= 15 is 0 Å². The number of nitrogens with zero attached hydrogens (tertiary/aromatic N) is 3. The molecule has 1 aromatic heterocycles. The molecule has 8 nitrogen and oxygen atoms in total. The maximum Gasteiger partial charge on any atom is 0.248 e. The Morgan fingerprint density at radius 2 is 1.87 bits per heavy atom. The molecule has 1 saturated carbocycles. The number of rotatable bonds is 8. The molecule has 30 heavy (non-hydrogen) atoms. The fraction of sp³-hybridized carbons (Fsp3) is 0.773. The summed E-state index contributed by atoms with van der Waals surface area (Å²) in [6.07, 6.45) is 5.21. The number of carbonyl (C=O) groups excluding carboxylic acids is 2. The van der Waals surface area contributed by atoms with Gasteiger partial charge in [-0.05, 0) is 64.5 Å². The average molecular weight is 419 g/mol. The first-order valence-electron chi connectivity index (χ1n) is 11.3. The summed E-state index contributed by atoms with van der Waals surface area (Å²) in [4.78, 5) is 29.2. The third kappa shape index (κ3) is 5.60. The minimum absolute atomic E-state index is 0.0636. The van der Waals surface area contributed by atoms with Gasteiger partial charge in [0.1, 0.15) is 12.4 Å². The van der Waals surface area contributed by atoms with Gasteiger partial charge in [-0.3, -0.25) is 9.59 Å². The molecule has 0 aromatic carbocycles. The van der Waals surface area contributed by atoms with Crippen molar-refractivity contribution in [2.75, 3.05) is 45.9 Å². The highest BCUT2D eigenvalue weighted by atomic mass is 16.5. The molecule has 0 unspecified atom stereocenters. The molecule has 2 aliphatic heterocycles. The van der Waals surface area contributed by atoms with Gasteiger partial charge in [-0.25, -0.2) is 0 Å². The second-order valence-electron chi connectivity index (χ2n) is 9.20. The first-order chi connectivity index (χ1) is 14.5. The highest BCUT2D eigenvalue weighted by Gasteiger charge is 2.31. The standard InChI is InChI=1S/C22H34N4O4/c1-15-20(16(2)30-24-15)9-21(27)23-10-19-13-26(22(28)14-29-19)12-18-5-7-25(8-6-18)11-17-3-4-17/h17-19H,3-14H2,1-2H3,(H,23,27)/t19-/m0/s1. The Balaban J connectivity index is 1.19. The third-order valence-corrected chi connectivity index (χ3v) is 6.66. The fourth-order valence-electron chi connectivity index (χ4n) is 4.51. The van der Waals surface area contributed by atoms with E-state index < -0.39 is 0 Å². The van der Waals surface area contributed by atoms with Crippen LogP contribution in [0.1, 0.15) is 42.7 Å². The van der Waals surface area contributed by atoms with E-state index in [9.17, 15) is 9.59 Å². The fourth-order valence-corrected chi connectivity index (χ4v) is 4.51. The van der Waals surface area contributed by atoms with Crippen molar-refractivity contribution in [1.29, 1.82) is 0 Å². The van der Waals surface area contributed by atoms with E-state index in [2.05, 4.69) is 15.4 Å². The first-order valence-corrected chi connectivity index (χ1v) is 11.3. The van der Waals surface area contributed by atoms with Crippen molar-refractivity contribution in [3.05, 3.63) is 17.0 Å². The largest absolute Gasteiger partial charge is 0.365 e. The number of aryl methyl sites for hydroxylation is 2. The van der Waals surface area contributed by atoms with Crippen LogP contribution >= 0.6 is 0 Å². The topological polar surface area (TPSA) is 87.9 Å². The molecule has 0 bridgehead atoms. The zero-order valence-electron chi connectivity index (χ0n) is 18.2. The SMILES string of the molecule is Cc1noc(C)c1CC(=O)NC[C@H]1CN(CC2CCN(CC3CC3)CC2)C(=O)CO1. The molecule has 1 N–H and O–H groups in total. The predicted octanol–water partition coefficient (Wildman–Crippen LogP) is 1.30. The molecule has 1 aromatic rings. The number of morpholine rings is 1. The van der Waals surface area contributed by atoms with E-state index in [1.54, 1.807) is 0 Å². The second-order valence-corrected chi connectivity index (χ2v) is 9.20. The second kappa shape index (κ2) is 9.47. The maximum absolute atomic E-state index is 12.3. The molecule has 8 heteroatoms. The highest BCUT2D eigenvalue weighted by Crippen LogP contribution is 2.31. The van der Waals surface area contributed by atoms with E-state index in [1.807, 2.05) is 18.7 Å². The van der Waals surface area contributed by atoms with Crippen molar-refractivity contribution in [2.24, 2.45) is 11.8 Å². The molecular weight excluding hydrogens is 384 g/mol. The number of likely N-dealkylation sites (tertiary alicyclic amines) is 1. The van der Waals surface area contributed by atoms with Crippen molar-refractivity contribution in [1.82, 2.24) is 20.3 Å². The van der Waals surface area contributed by atoms with Gasteiger partial charge in [0, 0.05) is 31.7 Å². The summed E-state index contributed by atoms with van der Waals surface area (Å²) in [7, 11) is 0. The van der Waals surface area contributed by atoms with Crippen molar-refractivity contribution < 1.29 is 18.8 Å². The Kier molecular flexibility index (Phi) is 6.73. The molecule has 1 aliphatic carbocycles. The van der Waals surface area contributed by atoms with Crippen LogP contribution in [0.5, 0.6) is 0 Å². The van der Waals surface area contributed by atoms with Crippen molar-refractivity contribution in [3.63, 3.8) is 0 Å². The van der Waals surface area contributed by atoms with Gasteiger partial charge in [-0.2, -0.15) is 0 Å². The predicted molar refractivity (Wildman–Crippen MR) is 111 cm³/mol. The normalized spacial score (nSPS) is 23.7. The quantitative estimate of drug-likeness (QED) is 0.685. The summed E-state index contributed by atoms with van der Waals surface area (Å²) in [6, 6.07) is 0. The summed E-state index contributed by atoms with van der Waals surface area (Å²) in [5, 5.41) is 6.82. The van der Waals surface area contributed by atoms with Crippen molar-refractivity contribution in [2.45, 2.75) is 52.1 Å². The molecule has 4 rings (SSSR count). The molecule has 0 radical (unpaired) electrons. The minimum Gasteiger partial charge on any atom is -0.365 e. The lowest BCUT2D eigenvalue weighted by atomic mass is 9.95. The zero-order valence-corrected chi connectivity index (χ0v) is 18.2. The number of amides is 2. The van der Waals surface area contributed by atoms with Crippen LogP contribution in [0.2, 0.25) is 0 Å². The van der Waals surface area contributed by atoms with Crippen LogP contribution in [0.25, 0.3) is 0 Å². The number of hydrogen-bond acceptors (Lipinski definition) is 6. The van der Waals surface area contributed by atoms with Gasteiger partial charge in [0.2, 0.25) is 11.8 Å². The number of nitrogens with one attached hydrogen (secondary N) is 1. The molecule has 166 valence electrons. The van der Waals surface area contributed by atoms with Crippen molar-refractivity contribution in [3.8, 4) is 0 Å². The summed E-state index contributed by atoms with van der Waals surface area (Å²) >= 11 is 0. The molecule has 3 aliphatic rings. The average Bonchev–Trinajstić information content (AvgIpc) is 3.50. The van der Waals surface area contributed by atoms with E-state index in [0.29, 0.717) is 24.8 Å². The Bertz CT molecular complexity index is 733. The summed E-state index contributed by atoms with van der Waals surface area (Å²) < 4.78 is 10.8. The number of piperidine rings is 1. The molecule has 3 fully saturated rings. The Morgan fingerprint density at radius 1 is 1.13 bits per heavy atom. The van der Waals surface area contributed by atoms with Gasteiger partial charge in [-0.15, -0.1) is 0 Å². The lowest BCUT2D eigenvalue weighted by Gasteiger charge is -2.38. The molecule has 2 saturated heterocycles. The summed E-state index contributed by atoms with van der Waals surface area (Å²) in [5.41, 5.74) is 1.58. The van der Waals surface area contributed by atoms with E-state index in [-0.39, 0.29) is 30.9 Å². The van der Waals surface area contributed by atoms with Crippen LogP contribution in [0.15, 0.2) is 4.52 Å². The number of ether oxygens (including phenoxy) is 1. The molecule has 0 spiro atoms. The lowest BCUT2D eigenvalue weighted by Crippen LogP contribution is -2.52. The van der Waals surface area contributed by atoms with Gasteiger partial charge < -0.3 is 24.4 Å². The summed E-state index contributed by atoms with van der Waals surface area (Å²) in [6.45, 7) is 9.09.